The van der Waals surface area contributed by atoms with Crippen molar-refractivity contribution in [1.82, 2.24) is 4.90 Å². The first-order chi connectivity index (χ1) is 8.56. The van der Waals surface area contributed by atoms with Gasteiger partial charge in [-0.2, -0.15) is 0 Å². The summed E-state index contributed by atoms with van der Waals surface area (Å²) in [6.07, 6.45) is 1.66. The molecule has 0 saturated heterocycles. The predicted molar refractivity (Wildman–Crippen MR) is 62.2 cm³/mol. The average molecular weight is 251 g/mol. The Bertz CT molecular complexity index is 454. The first-order valence-electron chi connectivity index (χ1n) is 5.81. The zero-order chi connectivity index (χ0) is 13.1. The van der Waals surface area contributed by atoms with Gasteiger partial charge in [-0.15, -0.1) is 0 Å². The van der Waals surface area contributed by atoms with Gasteiger partial charge in [0, 0.05) is 12.5 Å². The van der Waals surface area contributed by atoms with Crippen LogP contribution in [0.3, 0.4) is 0 Å². The van der Waals surface area contributed by atoms with Crippen LogP contribution in [0.5, 0.6) is 0 Å². The minimum Gasteiger partial charge on any atom is -0.480 e. The smallest absolute Gasteiger partial charge is 0.323 e. The standard InChI is InChI=1S/C13H14FNO3/c14-11-5-1-9(2-6-11)7-15(8-12(16)17)13(18)10-3-4-10/h1-2,5-6,10H,3-4,7-8H2,(H,16,17). The summed E-state index contributed by atoms with van der Waals surface area (Å²) >= 11 is 0. The SMILES string of the molecule is O=C(O)CN(Cc1ccc(F)cc1)C(=O)C1CC1. The third-order valence-electron chi connectivity index (χ3n) is 2.85. The molecule has 5 heteroatoms. The van der Waals surface area contributed by atoms with Gasteiger partial charge in [0.05, 0.1) is 0 Å². The van der Waals surface area contributed by atoms with Crippen LogP contribution in [0, 0.1) is 11.7 Å². The van der Waals surface area contributed by atoms with E-state index in [1.807, 2.05) is 0 Å². The van der Waals surface area contributed by atoms with E-state index >= 15 is 0 Å². The Morgan fingerprint density at radius 1 is 1.28 bits per heavy atom. The molecule has 96 valence electrons. The Morgan fingerprint density at radius 2 is 1.89 bits per heavy atom. The van der Waals surface area contributed by atoms with Crippen LogP contribution in [0.2, 0.25) is 0 Å². The van der Waals surface area contributed by atoms with Crippen molar-refractivity contribution in [2.75, 3.05) is 6.54 Å². The Labute approximate surface area is 104 Å². The maximum Gasteiger partial charge on any atom is 0.323 e. The van der Waals surface area contributed by atoms with Crippen LogP contribution in [-0.2, 0) is 16.1 Å². The molecule has 1 fully saturated rings. The quantitative estimate of drug-likeness (QED) is 0.865. The topological polar surface area (TPSA) is 57.6 Å². The number of carboxylic acids is 1. The fraction of sp³-hybridized carbons (Fsp3) is 0.385. The lowest BCUT2D eigenvalue weighted by atomic mass is 10.2. The molecule has 4 nitrogen and oxygen atoms in total. The summed E-state index contributed by atoms with van der Waals surface area (Å²) < 4.78 is 12.8. The molecule has 0 unspecified atom stereocenters. The molecule has 2 rings (SSSR count). The minimum absolute atomic E-state index is 0.0233. The van der Waals surface area contributed by atoms with Gasteiger partial charge < -0.3 is 10.0 Å². The van der Waals surface area contributed by atoms with E-state index in [9.17, 15) is 14.0 Å². The van der Waals surface area contributed by atoms with Crippen LogP contribution in [0.4, 0.5) is 4.39 Å². The molecule has 18 heavy (non-hydrogen) atoms. The van der Waals surface area contributed by atoms with E-state index in [0.717, 1.165) is 18.4 Å². The van der Waals surface area contributed by atoms with Gasteiger partial charge in [0.2, 0.25) is 5.91 Å². The summed E-state index contributed by atoms with van der Waals surface area (Å²) in [7, 11) is 0. The van der Waals surface area contributed by atoms with Crippen LogP contribution in [0.1, 0.15) is 18.4 Å². The van der Waals surface area contributed by atoms with E-state index in [1.54, 1.807) is 12.1 Å². The molecular weight excluding hydrogens is 237 g/mol. The van der Waals surface area contributed by atoms with E-state index < -0.39 is 5.97 Å². The molecule has 0 aromatic heterocycles. The molecule has 1 aliphatic carbocycles. The number of carboxylic acid groups (broad SMARTS) is 1. The number of rotatable bonds is 5. The summed E-state index contributed by atoms with van der Waals surface area (Å²) in [5, 5.41) is 8.80. The van der Waals surface area contributed by atoms with Gasteiger partial charge in [0.15, 0.2) is 0 Å². The molecule has 0 heterocycles. The van der Waals surface area contributed by atoms with E-state index in [4.69, 9.17) is 5.11 Å². The van der Waals surface area contributed by atoms with Crippen LogP contribution in [-0.4, -0.2) is 28.4 Å². The van der Waals surface area contributed by atoms with Crippen molar-refractivity contribution in [2.24, 2.45) is 5.92 Å². The normalized spacial score (nSPS) is 14.3. The second-order valence-corrected chi connectivity index (χ2v) is 4.49. The molecule has 0 radical (unpaired) electrons. The number of carbonyl (C=O) groups excluding carboxylic acids is 1. The number of amides is 1. The van der Waals surface area contributed by atoms with Gasteiger partial charge in [-0.1, -0.05) is 12.1 Å². The van der Waals surface area contributed by atoms with Gasteiger partial charge in [0.1, 0.15) is 12.4 Å². The predicted octanol–water partition coefficient (Wildman–Crippen LogP) is 1.65. The van der Waals surface area contributed by atoms with Crippen LogP contribution < -0.4 is 0 Å². The molecule has 0 atom stereocenters. The molecule has 0 bridgehead atoms. The molecule has 1 aromatic carbocycles. The first-order valence-corrected chi connectivity index (χ1v) is 5.81. The Morgan fingerprint density at radius 3 is 2.39 bits per heavy atom. The number of hydrogen-bond donors (Lipinski definition) is 1. The molecule has 1 aromatic rings. The van der Waals surface area contributed by atoms with E-state index in [0.29, 0.717) is 0 Å². The molecule has 1 saturated carbocycles. The van der Waals surface area contributed by atoms with Crippen molar-refractivity contribution in [3.05, 3.63) is 35.6 Å². The lowest BCUT2D eigenvalue weighted by Gasteiger charge is -2.20. The molecule has 0 spiro atoms. The largest absolute Gasteiger partial charge is 0.480 e. The Hall–Kier alpha value is -1.91. The van der Waals surface area contributed by atoms with Crippen molar-refractivity contribution in [3.8, 4) is 0 Å². The lowest BCUT2D eigenvalue weighted by Crippen LogP contribution is -2.36. The van der Waals surface area contributed by atoms with Crippen LogP contribution in [0.15, 0.2) is 24.3 Å². The zero-order valence-corrected chi connectivity index (χ0v) is 9.80. The van der Waals surface area contributed by atoms with Crippen LogP contribution >= 0.6 is 0 Å². The summed E-state index contributed by atoms with van der Waals surface area (Å²) in [6.45, 7) is -0.103. The van der Waals surface area contributed by atoms with Crippen molar-refractivity contribution < 1.29 is 19.1 Å². The fourth-order valence-electron chi connectivity index (χ4n) is 1.77. The highest BCUT2D eigenvalue weighted by atomic mass is 19.1. The summed E-state index contributed by atoms with van der Waals surface area (Å²) in [6, 6.07) is 5.72. The maximum atomic E-state index is 12.8. The highest BCUT2D eigenvalue weighted by Crippen LogP contribution is 2.31. The lowest BCUT2D eigenvalue weighted by molar-refractivity contribution is -0.145. The van der Waals surface area contributed by atoms with Gasteiger partial charge in [-0.05, 0) is 30.5 Å². The number of aliphatic carboxylic acids is 1. The molecular formula is C13H14FNO3. The van der Waals surface area contributed by atoms with Crippen LogP contribution in [0.25, 0.3) is 0 Å². The van der Waals surface area contributed by atoms with Crippen molar-refractivity contribution in [3.63, 3.8) is 0 Å². The van der Waals surface area contributed by atoms with Crippen molar-refractivity contribution in [2.45, 2.75) is 19.4 Å². The Balaban J connectivity index is 2.06. The van der Waals surface area contributed by atoms with E-state index in [1.165, 1.54) is 17.0 Å². The summed E-state index contributed by atoms with van der Waals surface area (Å²) in [5.74, 6) is -1.53. The zero-order valence-electron chi connectivity index (χ0n) is 9.80. The van der Waals surface area contributed by atoms with Crippen molar-refractivity contribution in [1.29, 1.82) is 0 Å². The Kier molecular flexibility index (Phi) is 3.60. The molecule has 1 amide bonds. The molecule has 0 aliphatic heterocycles. The van der Waals surface area contributed by atoms with E-state index in [-0.39, 0.29) is 30.7 Å². The van der Waals surface area contributed by atoms with Gasteiger partial charge in [-0.25, -0.2) is 4.39 Å². The first kappa shape index (κ1) is 12.5. The number of nitrogens with zero attached hydrogens (tertiary/aromatic N) is 1. The average Bonchev–Trinajstić information content (AvgIpc) is 3.13. The van der Waals surface area contributed by atoms with Crippen molar-refractivity contribution >= 4 is 11.9 Å². The number of halogens is 1. The van der Waals surface area contributed by atoms with Gasteiger partial charge in [0.25, 0.3) is 0 Å². The monoisotopic (exact) mass is 251 g/mol. The minimum atomic E-state index is -1.04. The third kappa shape index (κ3) is 3.29. The highest BCUT2D eigenvalue weighted by Gasteiger charge is 2.34. The highest BCUT2D eigenvalue weighted by molar-refractivity contribution is 5.84. The number of carbonyl (C=O) groups is 2. The number of hydrogen-bond acceptors (Lipinski definition) is 2. The molecule has 1 aliphatic rings. The summed E-state index contributed by atoms with van der Waals surface area (Å²) in [5.41, 5.74) is 0.728. The maximum absolute atomic E-state index is 12.8. The second-order valence-electron chi connectivity index (χ2n) is 4.49. The number of benzene rings is 1. The van der Waals surface area contributed by atoms with Gasteiger partial charge >= 0.3 is 5.97 Å². The molecule has 1 N–H and O–H groups in total. The van der Waals surface area contributed by atoms with E-state index in [2.05, 4.69) is 0 Å². The fourth-order valence-corrected chi connectivity index (χ4v) is 1.77. The second kappa shape index (κ2) is 5.16. The summed E-state index contributed by atoms with van der Waals surface area (Å²) in [4.78, 5) is 24.0. The third-order valence-corrected chi connectivity index (χ3v) is 2.85. The van der Waals surface area contributed by atoms with Gasteiger partial charge in [-0.3, -0.25) is 9.59 Å².